The maximum atomic E-state index is 11.9. The number of likely N-dealkylation sites (tertiary alicyclic amines) is 1. The summed E-state index contributed by atoms with van der Waals surface area (Å²) in [6.45, 7) is 7.02. The highest BCUT2D eigenvalue weighted by Gasteiger charge is 2.26. The first-order valence-electron chi connectivity index (χ1n) is 6.42. The molecule has 5 heteroatoms. The lowest BCUT2D eigenvalue weighted by Gasteiger charge is -2.18. The van der Waals surface area contributed by atoms with Gasteiger partial charge in [0, 0.05) is 25.0 Å². The minimum atomic E-state index is -3.99. The van der Waals surface area contributed by atoms with Gasteiger partial charge in [0.1, 0.15) is 0 Å². The van der Waals surface area contributed by atoms with Crippen LogP contribution >= 0.6 is 0 Å². The minimum absolute atomic E-state index is 0.252. The van der Waals surface area contributed by atoms with E-state index < -0.39 is 12.6 Å². The van der Waals surface area contributed by atoms with E-state index in [1.165, 1.54) is 0 Å². The summed E-state index contributed by atoms with van der Waals surface area (Å²) in [5.74, 6) is 0. The second-order valence-electron chi connectivity index (χ2n) is 5.18. The number of unbranched alkanes of at least 4 members (excludes halogenated alkanes) is 1. The van der Waals surface area contributed by atoms with Gasteiger partial charge in [-0.3, -0.25) is 0 Å². The predicted octanol–water partition coefficient (Wildman–Crippen LogP) is 2.79. The molecule has 1 rings (SSSR count). The van der Waals surface area contributed by atoms with Gasteiger partial charge in [-0.05, 0) is 32.4 Å². The van der Waals surface area contributed by atoms with Crippen molar-refractivity contribution < 1.29 is 13.2 Å². The fourth-order valence-electron chi connectivity index (χ4n) is 2.30. The molecule has 102 valence electrons. The van der Waals surface area contributed by atoms with E-state index in [1.54, 1.807) is 0 Å². The van der Waals surface area contributed by atoms with Crippen molar-refractivity contribution in [2.75, 3.05) is 19.6 Å². The molecule has 0 radical (unpaired) electrons. The van der Waals surface area contributed by atoms with Gasteiger partial charge in [-0.15, -0.1) is 0 Å². The maximum absolute atomic E-state index is 11.9. The van der Waals surface area contributed by atoms with Crippen molar-refractivity contribution in [1.82, 2.24) is 10.2 Å². The van der Waals surface area contributed by atoms with Crippen LogP contribution in [-0.2, 0) is 0 Å². The van der Waals surface area contributed by atoms with Crippen LogP contribution in [-0.4, -0.2) is 42.8 Å². The maximum Gasteiger partial charge on any atom is 0.389 e. The van der Waals surface area contributed by atoms with E-state index in [-0.39, 0.29) is 6.42 Å². The average molecular weight is 252 g/mol. The Hall–Kier alpha value is -0.290. The van der Waals surface area contributed by atoms with Crippen molar-refractivity contribution in [3.05, 3.63) is 0 Å². The Labute approximate surface area is 102 Å². The largest absolute Gasteiger partial charge is 0.389 e. The van der Waals surface area contributed by atoms with E-state index in [0.29, 0.717) is 18.5 Å². The Kier molecular flexibility index (Phi) is 5.73. The van der Waals surface area contributed by atoms with Gasteiger partial charge in [-0.2, -0.15) is 13.2 Å². The van der Waals surface area contributed by atoms with Crippen molar-refractivity contribution in [3.63, 3.8) is 0 Å². The first kappa shape index (κ1) is 14.8. The van der Waals surface area contributed by atoms with Gasteiger partial charge >= 0.3 is 6.18 Å². The molecule has 0 aliphatic carbocycles. The van der Waals surface area contributed by atoms with Gasteiger partial charge in [0.05, 0.1) is 0 Å². The summed E-state index contributed by atoms with van der Waals surface area (Å²) in [6.07, 6.45) is -2.63. The zero-order valence-electron chi connectivity index (χ0n) is 10.7. The highest BCUT2D eigenvalue weighted by molar-refractivity contribution is 4.81. The molecule has 0 saturated carbocycles. The number of rotatable bonds is 6. The molecule has 1 aliphatic rings. The number of halogens is 3. The van der Waals surface area contributed by atoms with Crippen LogP contribution in [0.15, 0.2) is 0 Å². The molecule has 0 bridgehead atoms. The first-order valence-corrected chi connectivity index (χ1v) is 6.42. The quantitative estimate of drug-likeness (QED) is 0.731. The molecule has 1 aliphatic heterocycles. The predicted molar refractivity (Wildman–Crippen MR) is 63.0 cm³/mol. The van der Waals surface area contributed by atoms with E-state index in [9.17, 15) is 13.2 Å². The van der Waals surface area contributed by atoms with Gasteiger partial charge < -0.3 is 10.2 Å². The number of alkyl halides is 3. The van der Waals surface area contributed by atoms with Gasteiger partial charge in [0.2, 0.25) is 0 Å². The number of nitrogens with one attached hydrogen (secondary N) is 1. The molecule has 0 spiro atoms. The highest BCUT2D eigenvalue weighted by Crippen LogP contribution is 2.22. The average Bonchev–Trinajstić information content (AvgIpc) is 2.58. The molecule has 2 nitrogen and oxygen atoms in total. The lowest BCUT2D eigenvalue weighted by molar-refractivity contribution is -0.135. The van der Waals surface area contributed by atoms with E-state index in [2.05, 4.69) is 24.1 Å². The third-order valence-electron chi connectivity index (χ3n) is 3.03. The zero-order valence-corrected chi connectivity index (χ0v) is 10.7. The summed E-state index contributed by atoms with van der Waals surface area (Å²) >= 11 is 0. The summed E-state index contributed by atoms with van der Waals surface area (Å²) in [5.41, 5.74) is 0. The van der Waals surface area contributed by atoms with E-state index >= 15 is 0 Å². The molecule has 1 heterocycles. The van der Waals surface area contributed by atoms with Crippen LogP contribution in [0.2, 0.25) is 0 Å². The summed E-state index contributed by atoms with van der Waals surface area (Å²) in [7, 11) is 0. The molecule has 0 aromatic carbocycles. The molecule has 0 amide bonds. The molecular weight excluding hydrogens is 229 g/mol. The van der Waals surface area contributed by atoms with E-state index in [4.69, 9.17) is 0 Å². The minimum Gasteiger partial charge on any atom is -0.310 e. The van der Waals surface area contributed by atoms with Crippen molar-refractivity contribution in [3.8, 4) is 0 Å². The number of hydrogen-bond donors (Lipinski definition) is 1. The van der Waals surface area contributed by atoms with Crippen LogP contribution in [0.4, 0.5) is 13.2 Å². The van der Waals surface area contributed by atoms with Crippen LogP contribution in [0.25, 0.3) is 0 Å². The molecule has 1 unspecified atom stereocenters. The normalized spacial score (nSPS) is 22.6. The van der Waals surface area contributed by atoms with E-state index in [1.807, 2.05) is 0 Å². The van der Waals surface area contributed by atoms with Gasteiger partial charge in [-0.1, -0.05) is 13.8 Å². The third-order valence-corrected chi connectivity index (χ3v) is 3.03. The Bertz CT molecular complexity index is 216. The fraction of sp³-hybridized carbons (Fsp3) is 1.00. The molecule has 17 heavy (non-hydrogen) atoms. The monoisotopic (exact) mass is 252 g/mol. The van der Waals surface area contributed by atoms with E-state index in [0.717, 1.165) is 26.1 Å². The summed E-state index contributed by atoms with van der Waals surface area (Å²) in [5, 5.41) is 3.46. The van der Waals surface area contributed by atoms with Crippen molar-refractivity contribution in [2.24, 2.45) is 0 Å². The topological polar surface area (TPSA) is 15.3 Å². The summed E-state index contributed by atoms with van der Waals surface area (Å²) in [6, 6.07) is 0.989. The Morgan fingerprint density at radius 2 is 2.00 bits per heavy atom. The van der Waals surface area contributed by atoms with Crippen molar-refractivity contribution in [1.29, 1.82) is 0 Å². The molecule has 0 aromatic rings. The Morgan fingerprint density at radius 1 is 1.29 bits per heavy atom. The van der Waals surface area contributed by atoms with Crippen molar-refractivity contribution >= 4 is 0 Å². The molecule has 1 fully saturated rings. The standard InChI is InChI=1S/C12H23F3N2/c1-10(2)16-11-5-8-17(9-11)7-4-3-6-12(13,14)15/h10-11,16H,3-9H2,1-2H3. The smallest absolute Gasteiger partial charge is 0.310 e. The van der Waals surface area contributed by atoms with Crippen LogP contribution in [0.1, 0.15) is 39.5 Å². The highest BCUT2D eigenvalue weighted by atomic mass is 19.4. The first-order chi connectivity index (χ1) is 7.87. The van der Waals surface area contributed by atoms with Gasteiger partial charge in [0.25, 0.3) is 0 Å². The lowest BCUT2D eigenvalue weighted by Crippen LogP contribution is -2.37. The SMILES string of the molecule is CC(C)NC1CCN(CCCCC(F)(F)F)C1. The second kappa shape index (κ2) is 6.59. The third kappa shape index (κ3) is 6.88. The summed E-state index contributed by atoms with van der Waals surface area (Å²) < 4.78 is 35.8. The van der Waals surface area contributed by atoms with Crippen LogP contribution in [0.3, 0.4) is 0 Å². The Balaban J connectivity index is 2.06. The molecule has 1 saturated heterocycles. The van der Waals surface area contributed by atoms with Crippen LogP contribution in [0.5, 0.6) is 0 Å². The lowest BCUT2D eigenvalue weighted by atomic mass is 10.2. The second-order valence-corrected chi connectivity index (χ2v) is 5.18. The van der Waals surface area contributed by atoms with Gasteiger partial charge in [-0.25, -0.2) is 0 Å². The number of nitrogens with zero attached hydrogens (tertiary/aromatic N) is 1. The van der Waals surface area contributed by atoms with Crippen molar-refractivity contribution in [2.45, 2.75) is 57.8 Å². The molecular formula is C12H23F3N2. The Morgan fingerprint density at radius 3 is 2.59 bits per heavy atom. The van der Waals surface area contributed by atoms with Crippen LogP contribution < -0.4 is 5.32 Å². The molecule has 0 aromatic heterocycles. The van der Waals surface area contributed by atoms with Crippen LogP contribution in [0, 0.1) is 0 Å². The fourth-order valence-corrected chi connectivity index (χ4v) is 2.30. The van der Waals surface area contributed by atoms with Gasteiger partial charge in [0.15, 0.2) is 0 Å². The molecule has 1 atom stereocenters. The molecule has 1 N–H and O–H groups in total. The summed E-state index contributed by atoms with van der Waals surface area (Å²) in [4.78, 5) is 2.26. The number of hydrogen-bond acceptors (Lipinski definition) is 2. The zero-order chi connectivity index (χ0) is 12.9.